The third kappa shape index (κ3) is 3.19. The second-order valence-electron chi connectivity index (χ2n) is 3.70. The van der Waals surface area contributed by atoms with E-state index in [-0.39, 0.29) is 21.2 Å². The molecule has 0 atom stereocenters. The Bertz CT molecular complexity index is 674. The van der Waals surface area contributed by atoms with Crippen LogP contribution in [0.25, 0.3) is 0 Å². The van der Waals surface area contributed by atoms with Crippen LogP contribution in [0.1, 0.15) is 15.9 Å². The maximum absolute atomic E-state index is 13.8. The maximum atomic E-state index is 13.8. The monoisotopic (exact) mass is 424 g/mol. The van der Waals surface area contributed by atoms with E-state index < -0.39 is 11.6 Å². The van der Waals surface area contributed by atoms with Gasteiger partial charge in [-0.2, -0.15) is 0 Å². The molecule has 0 spiro atoms. The number of hydrogen-bond acceptors (Lipinski definition) is 1. The Labute approximate surface area is 136 Å². The predicted octanol–water partition coefficient (Wildman–Crippen LogP) is 5.89. The van der Waals surface area contributed by atoms with Crippen molar-refractivity contribution in [2.75, 3.05) is 0 Å². The molecule has 19 heavy (non-hydrogen) atoms. The molecule has 0 heterocycles. The molecule has 0 aliphatic heterocycles. The summed E-state index contributed by atoms with van der Waals surface area (Å²) < 4.78 is 14.9. The molecule has 0 saturated heterocycles. The van der Waals surface area contributed by atoms with Crippen LogP contribution in [0.4, 0.5) is 4.39 Å². The molecule has 6 heteroatoms. The maximum Gasteiger partial charge on any atom is 0.197 e. The van der Waals surface area contributed by atoms with Crippen LogP contribution in [-0.4, -0.2) is 5.78 Å². The SMILES string of the molecule is O=C(c1cc(Cl)c(Br)cc1F)c1cc(Br)ccc1Cl. The van der Waals surface area contributed by atoms with E-state index in [9.17, 15) is 9.18 Å². The average molecular weight is 427 g/mol. The first-order valence-corrected chi connectivity index (χ1v) is 7.38. The number of benzene rings is 2. The first-order chi connectivity index (χ1) is 8.90. The summed E-state index contributed by atoms with van der Waals surface area (Å²) in [5, 5.41) is 0.516. The Balaban J connectivity index is 2.56. The number of carbonyl (C=O) groups excluding carboxylic acids is 1. The van der Waals surface area contributed by atoms with Crippen molar-refractivity contribution in [1.29, 1.82) is 0 Å². The predicted molar refractivity (Wildman–Crippen MR) is 81.7 cm³/mol. The lowest BCUT2D eigenvalue weighted by molar-refractivity contribution is 0.103. The molecule has 2 rings (SSSR count). The van der Waals surface area contributed by atoms with Gasteiger partial charge in [0.05, 0.1) is 15.6 Å². The van der Waals surface area contributed by atoms with Crippen molar-refractivity contribution in [2.24, 2.45) is 0 Å². The summed E-state index contributed by atoms with van der Waals surface area (Å²) in [4.78, 5) is 12.3. The lowest BCUT2D eigenvalue weighted by atomic mass is 10.0. The molecular formula is C13H5Br2Cl2FO. The molecule has 0 saturated carbocycles. The summed E-state index contributed by atoms with van der Waals surface area (Å²) in [6, 6.07) is 7.24. The summed E-state index contributed by atoms with van der Waals surface area (Å²) in [6.07, 6.45) is 0. The lowest BCUT2D eigenvalue weighted by Crippen LogP contribution is -2.05. The fourth-order valence-electron chi connectivity index (χ4n) is 1.51. The fourth-order valence-corrected chi connectivity index (χ4v) is 2.56. The number of rotatable bonds is 2. The van der Waals surface area contributed by atoms with Crippen LogP contribution < -0.4 is 0 Å². The van der Waals surface area contributed by atoms with Gasteiger partial charge >= 0.3 is 0 Å². The van der Waals surface area contributed by atoms with E-state index in [1.165, 1.54) is 6.07 Å². The topological polar surface area (TPSA) is 17.1 Å². The minimum Gasteiger partial charge on any atom is -0.288 e. The van der Waals surface area contributed by atoms with Crippen molar-refractivity contribution in [3.05, 3.63) is 66.3 Å². The van der Waals surface area contributed by atoms with Crippen molar-refractivity contribution in [1.82, 2.24) is 0 Å². The quantitative estimate of drug-likeness (QED) is 0.432. The number of ketones is 1. The number of halogens is 5. The van der Waals surface area contributed by atoms with Crippen molar-refractivity contribution in [2.45, 2.75) is 0 Å². The van der Waals surface area contributed by atoms with Crippen molar-refractivity contribution >= 4 is 60.8 Å². The van der Waals surface area contributed by atoms with Gasteiger partial charge in [0, 0.05) is 14.5 Å². The summed E-state index contributed by atoms with van der Waals surface area (Å²) in [7, 11) is 0. The molecular weight excluding hydrogens is 422 g/mol. The van der Waals surface area contributed by atoms with E-state index in [4.69, 9.17) is 23.2 Å². The Kier molecular flexibility index (Phi) is 4.66. The second kappa shape index (κ2) is 5.92. The van der Waals surface area contributed by atoms with Gasteiger partial charge in [-0.25, -0.2) is 4.39 Å². The highest BCUT2D eigenvalue weighted by atomic mass is 79.9. The Morgan fingerprint density at radius 1 is 1.00 bits per heavy atom. The first kappa shape index (κ1) is 15.0. The zero-order chi connectivity index (χ0) is 14.2. The highest BCUT2D eigenvalue weighted by Gasteiger charge is 2.19. The molecule has 0 radical (unpaired) electrons. The van der Waals surface area contributed by atoms with Gasteiger partial charge in [0.25, 0.3) is 0 Å². The van der Waals surface area contributed by atoms with Crippen LogP contribution in [0.3, 0.4) is 0 Å². The summed E-state index contributed by atoms with van der Waals surface area (Å²) >= 11 is 18.2. The Hall–Kier alpha value is -0.420. The van der Waals surface area contributed by atoms with E-state index in [0.29, 0.717) is 8.95 Å². The lowest BCUT2D eigenvalue weighted by Gasteiger charge is -2.07. The van der Waals surface area contributed by atoms with Crippen LogP contribution >= 0.6 is 55.1 Å². The van der Waals surface area contributed by atoms with Crippen LogP contribution in [-0.2, 0) is 0 Å². The van der Waals surface area contributed by atoms with Crippen LogP contribution in [0.15, 0.2) is 39.3 Å². The van der Waals surface area contributed by atoms with Gasteiger partial charge in [0.1, 0.15) is 5.82 Å². The summed E-state index contributed by atoms with van der Waals surface area (Å²) in [6.45, 7) is 0. The van der Waals surface area contributed by atoms with Gasteiger partial charge in [-0.1, -0.05) is 39.1 Å². The van der Waals surface area contributed by atoms with Crippen molar-refractivity contribution in [3.63, 3.8) is 0 Å². The van der Waals surface area contributed by atoms with Gasteiger partial charge in [-0.15, -0.1) is 0 Å². The Morgan fingerprint density at radius 2 is 1.68 bits per heavy atom. The fraction of sp³-hybridized carbons (Fsp3) is 0. The molecule has 2 aromatic rings. The molecule has 0 amide bonds. The molecule has 0 unspecified atom stereocenters. The molecule has 0 aromatic heterocycles. The third-order valence-electron chi connectivity index (χ3n) is 2.43. The van der Waals surface area contributed by atoms with Gasteiger partial charge < -0.3 is 0 Å². The van der Waals surface area contributed by atoms with Crippen LogP contribution in [0, 0.1) is 5.82 Å². The molecule has 0 aliphatic rings. The van der Waals surface area contributed by atoms with Gasteiger partial charge in [-0.05, 0) is 46.3 Å². The molecule has 98 valence electrons. The minimum absolute atomic E-state index is 0.117. The van der Waals surface area contributed by atoms with E-state index >= 15 is 0 Å². The van der Waals surface area contributed by atoms with Crippen LogP contribution in [0.5, 0.6) is 0 Å². The standard InChI is InChI=1S/C13H5Br2Cl2FO/c14-6-1-2-10(16)7(3-6)13(19)8-4-11(17)9(15)5-12(8)18/h1-5H. The second-order valence-corrected chi connectivity index (χ2v) is 6.28. The van der Waals surface area contributed by atoms with Gasteiger partial charge in [0.15, 0.2) is 5.78 Å². The molecule has 0 fully saturated rings. The molecule has 2 aromatic carbocycles. The zero-order valence-electron chi connectivity index (χ0n) is 9.18. The zero-order valence-corrected chi connectivity index (χ0v) is 13.9. The molecule has 0 N–H and O–H groups in total. The molecule has 0 bridgehead atoms. The largest absolute Gasteiger partial charge is 0.288 e. The number of hydrogen-bond donors (Lipinski definition) is 0. The summed E-state index contributed by atoms with van der Waals surface area (Å²) in [5.41, 5.74) is 0.0986. The first-order valence-electron chi connectivity index (χ1n) is 5.04. The van der Waals surface area contributed by atoms with Crippen LogP contribution in [0.2, 0.25) is 10.0 Å². The third-order valence-corrected chi connectivity index (χ3v) is 4.45. The molecule has 0 aliphatic carbocycles. The van der Waals surface area contributed by atoms with Gasteiger partial charge in [0.2, 0.25) is 0 Å². The van der Waals surface area contributed by atoms with Crippen molar-refractivity contribution in [3.8, 4) is 0 Å². The Morgan fingerprint density at radius 3 is 2.37 bits per heavy atom. The highest BCUT2D eigenvalue weighted by Crippen LogP contribution is 2.29. The van der Waals surface area contributed by atoms with Gasteiger partial charge in [-0.3, -0.25) is 4.79 Å². The average Bonchev–Trinajstić information content (AvgIpc) is 2.36. The number of carbonyl (C=O) groups is 1. The highest BCUT2D eigenvalue weighted by molar-refractivity contribution is 9.10. The van der Waals surface area contributed by atoms with E-state index in [2.05, 4.69) is 31.9 Å². The van der Waals surface area contributed by atoms with Crippen molar-refractivity contribution < 1.29 is 9.18 Å². The van der Waals surface area contributed by atoms with E-state index in [1.807, 2.05) is 0 Å². The van der Waals surface area contributed by atoms with E-state index in [0.717, 1.165) is 6.07 Å². The van der Waals surface area contributed by atoms with E-state index in [1.54, 1.807) is 18.2 Å². The molecule has 1 nitrogen and oxygen atoms in total. The smallest absolute Gasteiger partial charge is 0.197 e. The minimum atomic E-state index is -0.655. The normalized spacial score (nSPS) is 10.6. The summed E-state index contributed by atoms with van der Waals surface area (Å²) in [5.74, 6) is -1.17.